The average molecular weight is 761 g/mol. The number of aromatic nitrogens is 2. The van der Waals surface area contributed by atoms with Crippen LogP contribution in [0.4, 0.5) is 34.9 Å². The predicted molar refractivity (Wildman–Crippen MR) is 195 cm³/mol. The minimum atomic E-state index is -5.08. The smallest absolute Gasteiger partial charge is 0.490 e. The van der Waals surface area contributed by atoms with Gasteiger partial charge >= 0.3 is 12.1 Å². The first-order chi connectivity index (χ1) is 25.8. The van der Waals surface area contributed by atoms with Gasteiger partial charge in [-0.2, -0.15) is 13.2 Å². The molecule has 0 saturated carbocycles. The maximum Gasteiger partial charge on any atom is 0.490 e. The van der Waals surface area contributed by atoms with Gasteiger partial charge in [0.25, 0.3) is 5.91 Å². The summed E-state index contributed by atoms with van der Waals surface area (Å²) < 4.78 is 58.0. The van der Waals surface area contributed by atoms with Gasteiger partial charge in [-0.05, 0) is 54.6 Å². The number of fused-ring (bicyclic) bond motifs is 3. The number of aliphatic imine (C=N–C) groups is 1. The highest BCUT2D eigenvalue weighted by atomic mass is 35.5. The number of aliphatic carboxylic acids is 1. The highest BCUT2D eigenvalue weighted by Crippen LogP contribution is 2.36. The number of halogens is 5. The van der Waals surface area contributed by atoms with E-state index < -0.39 is 18.0 Å². The molecule has 0 fully saturated rings. The fourth-order valence-electron chi connectivity index (χ4n) is 5.21. The van der Waals surface area contributed by atoms with Crippen molar-refractivity contribution in [2.24, 2.45) is 10.7 Å². The quantitative estimate of drug-likeness (QED) is 0.0990. The molecule has 4 aromatic carbocycles. The normalized spacial score (nSPS) is 11.5. The van der Waals surface area contributed by atoms with Crippen LogP contribution in [0.1, 0.15) is 32.6 Å². The fourth-order valence-corrected chi connectivity index (χ4v) is 5.39. The van der Waals surface area contributed by atoms with E-state index in [-0.39, 0.29) is 24.6 Å². The van der Waals surface area contributed by atoms with E-state index in [0.717, 1.165) is 11.1 Å². The molecule has 1 aliphatic heterocycles. The zero-order chi connectivity index (χ0) is 39.0. The Morgan fingerprint density at radius 3 is 2.41 bits per heavy atom. The van der Waals surface area contributed by atoms with E-state index in [1.54, 1.807) is 66.9 Å². The maximum absolute atomic E-state index is 15.2. The number of ether oxygens (including phenoxy) is 2. The van der Waals surface area contributed by atoms with Crippen molar-refractivity contribution in [2.45, 2.75) is 12.7 Å². The number of nitrogens with two attached hydrogens (primary N) is 1. The second kappa shape index (κ2) is 16.9. The molecule has 0 saturated heterocycles. The lowest BCUT2D eigenvalue weighted by Gasteiger charge is -2.15. The van der Waals surface area contributed by atoms with Crippen molar-refractivity contribution in [3.05, 3.63) is 124 Å². The van der Waals surface area contributed by atoms with Gasteiger partial charge < -0.3 is 30.9 Å². The summed E-state index contributed by atoms with van der Waals surface area (Å²) in [5.74, 6) is 3.18. The lowest BCUT2D eigenvalue weighted by atomic mass is 9.94. The van der Waals surface area contributed by atoms with Crippen LogP contribution in [0.15, 0.2) is 90.1 Å². The molecule has 0 spiro atoms. The molecule has 5 N–H and O–H groups in total. The first-order valence-corrected chi connectivity index (χ1v) is 16.1. The zero-order valence-corrected chi connectivity index (χ0v) is 29.1. The van der Waals surface area contributed by atoms with E-state index in [2.05, 4.69) is 27.5 Å². The van der Waals surface area contributed by atoms with Crippen LogP contribution in [0.5, 0.6) is 11.5 Å². The van der Waals surface area contributed by atoms with Gasteiger partial charge in [-0.15, -0.1) is 0 Å². The Hall–Kier alpha value is -6.50. The Labute approximate surface area is 310 Å². The zero-order valence-electron chi connectivity index (χ0n) is 28.4. The van der Waals surface area contributed by atoms with Crippen LogP contribution in [0, 0.1) is 17.7 Å². The average Bonchev–Trinajstić information content (AvgIpc) is 3.29. The van der Waals surface area contributed by atoms with Crippen molar-refractivity contribution in [1.29, 1.82) is 0 Å². The van der Waals surface area contributed by atoms with Crippen LogP contribution in [-0.2, 0) is 11.3 Å². The van der Waals surface area contributed by atoms with Crippen LogP contribution in [0.25, 0.3) is 11.3 Å². The number of alkyl halides is 3. The molecule has 5 aromatic rings. The van der Waals surface area contributed by atoms with Crippen molar-refractivity contribution in [3.63, 3.8) is 0 Å². The number of carbonyl (C=O) groups is 2. The van der Waals surface area contributed by atoms with Crippen LogP contribution in [-0.4, -0.2) is 59.6 Å². The molecule has 276 valence electrons. The molecule has 1 amide bonds. The molecule has 0 radical (unpaired) electrons. The SMILES string of the molecule is COc1cc(Nc2ncc3c(n2)-c2ccc(Cl)cc2C(c2c(F)cccc2OC)=NC3)ccc1C(=O)Nc1cccc(C#CCN)c1.O=C(O)C(F)(F)F. The Bertz CT molecular complexity index is 2320. The van der Waals surface area contributed by atoms with Gasteiger partial charge in [0.1, 0.15) is 17.3 Å². The molecule has 2 heterocycles. The Morgan fingerprint density at radius 2 is 1.70 bits per heavy atom. The Kier molecular flexibility index (Phi) is 12.1. The van der Waals surface area contributed by atoms with Gasteiger partial charge in [-0.1, -0.05) is 41.6 Å². The molecule has 16 heteroatoms. The van der Waals surface area contributed by atoms with Crippen LogP contribution in [0.2, 0.25) is 5.02 Å². The fraction of sp³-hybridized carbons (Fsp3) is 0.132. The van der Waals surface area contributed by atoms with E-state index in [0.29, 0.717) is 61.9 Å². The Morgan fingerprint density at radius 1 is 0.963 bits per heavy atom. The minimum Gasteiger partial charge on any atom is -0.496 e. The van der Waals surface area contributed by atoms with Gasteiger partial charge in [0, 0.05) is 50.9 Å². The number of carboxylic acid groups (broad SMARTS) is 1. The monoisotopic (exact) mass is 760 g/mol. The molecule has 0 unspecified atom stereocenters. The predicted octanol–water partition coefficient (Wildman–Crippen LogP) is 7.24. The maximum atomic E-state index is 15.2. The standard InChI is InChI=1S/C36H28ClFN6O3.C2HF3O2/c1-46-30-10-4-9-29(38)32(30)34-28-17-23(37)11-13-26(28)33-22(19-40-34)20-41-36(44-33)43-25-12-14-27(31(18-25)47-2)35(45)42-24-8-3-6-21(16-24)7-5-15-39;3-2(4,5)1(6)7/h3-4,6,8-14,16-18,20H,15,19,39H2,1-2H3,(H,42,45)(H,41,43,44);(H,6,7). The largest absolute Gasteiger partial charge is 0.496 e. The van der Waals surface area contributed by atoms with Crippen molar-refractivity contribution in [2.75, 3.05) is 31.4 Å². The summed E-state index contributed by atoms with van der Waals surface area (Å²) in [4.78, 5) is 36.2. The first kappa shape index (κ1) is 38.7. The van der Waals surface area contributed by atoms with Crippen LogP contribution in [0.3, 0.4) is 0 Å². The summed E-state index contributed by atoms with van der Waals surface area (Å²) in [5, 5.41) is 13.7. The number of methoxy groups -OCH3 is 2. The van der Waals surface area contributed by atoms with E-state index in [1.165, 1.54) is 20.3 Å². The number of hydrogen-bond acceptors (Lipinski definition) is 9. The number of nitrogens with zero attached hydrogens (tertiary/aromatic N) is 3. The number of amides is 1. The third-order valence-electron chi connectivity index (χ3n) is 7.60. The van der Waals surface area contributed by atoms with Crippen LogP contribution < -0.4 is 25.8 Å². The van der Waals surface area contributed by atoms with Crippen molar-refractivity contribution in [1.82, 2.24) is 9.97 Å². The number of carboxylic acids is 1. The van der Waals surface area contributed by atoms with E-state index >= 15 is 4.39 Å². The van der Waals surface area contributed by atoms with Gasteiger partial charge in [-0.3, -0.25) is 9.79 Å². The van der Waals surface area contributed by atoms with Crippen molar-refractivity contribution < 1.29 is 41.7 Å². The molecule has 54 heavy (non-hydrogen) atoms. The van der Waals surface area contributed by atoms with E-state index in [4.69, 9.17) is 46.7 Å². The molecule has 6 rings (SSSR count). The van der Waals surface area contributed by atoms with E-state index in [9.17, 15) is 18.0 Å². The molecule has 11 nitrogen and oxygen atoms in total. The molecular weight excluding hydrogens is 732 g/mol. The van der Waals surface area contributed by atoms with Gasteiger partial charge in [0.15, 0.2) is 0 Å². The Balaban J connectivity index is 0.000000730. The summed E-state index contributed by atoms with van der Waals surface area (Å²) >= 11 is 6.42. The first-order valence-electron chi connectivity index (χ1n) is 15.7. The topological polar surface area (TPSA) is 161 Å². The summed E-state index contributed by atoms with van der Waals surface area (Å²) in [6.07, 6.45) is -3.40. The highest BCUT2D eigenvalue weighted by Gasteiger charge is 2.38. The van der Waals surface area contributed by atoms with Gasteiger partial charge in [0.05, 0.1) is 49.8 Å². The summed E-state index contributed by atoms with van der Waals surface area (Å²) in [6.45, 7) is 0.447. The molecule has 0 bridgehead atoms. The van der Waals surface area contributed by atoms with Crippen LogP contribution >= 0.6 is 11.6 Å². The number of hydrogen-bond donors (Lipinski definition) is 4. The molecule has 1 aromatic heterocycles. The summed E-state index contributed by atoms with van der Waals surface area (Å²) in [7, 11) is 2.97. The highest BCUT2D eigenvalue weighted by molar-refractivity contribution is 6.31. The summed E-state index contributed by atoms with van der Waals surface area (Å²) in [5.41, 5.74) is 11.0. The lowest BCUT2D eigenvalue weighted by Crippen LogP contribution is -2.21. The number of nitrogens with one attached hydrogen (secondary N) is 2. The number of benzene rings is 4. The molecule has 0 aliphatic carbocycles. The molecule has 0 atom stereocenters. The molecule has 1 aliphatic rings. The van der Waals surface area contributed by atoms with Crippen molar-refractivity contribution >= 4 is 46.5 Å². The second-order valence-electron chi connectivity index (χ2n) is 11.1. The number of anilines is 3. The third kappa shape index (κ3) is 9.10. The van der Waals surface area contributed by atoms with Crippen molar-refractivity contribution in [3.8, 4) is 34.6 Å². The number of carbonyl (C=O) groups excluding carboxylic acids is 1. The number of rotatable bonds is 7. The molecular formula is C38H29ClF4N6O5. The van der Waals surface area contributed by atoms with E-state index in [1.807, 2.05) is 12.1 Å². The van der Waals surface area contributed by atoms with Gasteiger partial charge in [0.2, 0.25) is 5.95 Å². The van der Waals surface area contributed by atoms with Gasteiger partial charge in [-0.25, -0.2) is 19.2 Å². The third-order valence-corrected chi connectivity index (χ3v) is 7.83. The second-order valence-corrected chi connectivity index (χ2v) is 11.6. The lowest BCUT2D eigenvalue weighted by molar-refractivity contribution is -0.192. The summed E-state index contributed by atoms with van der Waals surface area (Å²) in [6, 6.07) is 22.2. The minimum absolute atomic E-state index is 0.203.